The Balaban J connectivity index is 1.71. The molecule has 120 valence electrons. The summed E-state index contributed by atoms with van der Waals surface area (Å²) in [7, 11) is 0. The number of nitrogens with one attached hydrogen (secondary N) is 1. The Bertz CT molecular complexity index is 360. The molecule has 0 radical (unpaired) electrons. The molecule has 0 aliphatic heterocycles. The Hall–Kier alpha value is -0.570. The number of ether oxygens (including phenoxy) is 1. The molecule has 0 spiro atoms. The lowest BCUT2D eigenvalue weighted by Crippen LogP contribution is -2.59. The Kier molecular flexibility index (Phi) is 4.88. The first kappa shape index (κ1) is 15.3. The van der Waals surface area contributed by atoms with Gasteiger partial charge in [-0.25, -0.2) is 0 Å². The SMILES string of the molecule is CCOC(=O)C1(NC2CCCCC2)CCCC(C2CC2)C1. The minimum atomic E-state index is -0.372. The van der Waals surface area contributed by atoms with Crippen LogP contribution in [0.5, 0.6) is 0 Å². The van der Waals surface area contributed by atoms with Crippen LogP contribution in [0.15, 0.2) is 0 Å². The summed E-state index contributed by atoms with van der Waals surface area (Å²) in [6.07, 6.45) is 13.7. The highest BCUT2D eigenvalue weighted by atomic mass is 16.5. The molecule has 3 aliphatic carbocycles. The van der Waals surface area contributed by atoms with Gasteiger partial charge in [0, 0.05) is 6.04 Å². The largest absolute Gasteiger partial charge is 0.465 e. The van der Waals surface area contributed by atoms with E-state index in [1.165, 1.54) is 57.8 Å². The number of carbonyl (C=O) groups is 1. The second kappa shape index (κ2) is 6.68. The fraction of sp³-hybridized carbons (Fsp3) is 0.944. The van der Waals surface area contributed by atoms with Gasteiger partial charge in [-0.1, -0.05) is 32.1 Å². The second-order valence-electron chi connectivity index (χ2n) is 7.48. The van der Waals surface area contributed by atoms with E-state index in [9.17, 15) is 4.79 Å². The summed E-state index contributed by atoms with van der Waals surface area (Å²) >= 11 is 0. The molecule has 3 rings (SSSR count). The van der Waals surface area contributed by atoms with Crippen molar-refractivity contribution in [3.8, 4) is 0 Å². The zero-order valence-electron chi connectivity index (χ0n) is 13.5. The molecule has 1 N–H and O–H groups in total. The van der Waals surface area contributed by atoms with Crippen molar-refractivity contribution in [2.75, 3.05) is 6.61 Å². The topological polar surface area (TPSA) is 38.3 Å². The predicted molar refractivity (Wildman–Crippen MR) is 84.1 cm³/mol. The molecule has 0 aromatic rings. The van der Waals surface area contributed by atoms with Gasteiger partial charge in [-0.2, -0.15) is 0 Å². The quantitative estimate of drug-likeness (QED) is 0.783. The smallest absolute Gasteiger partial charge is 0.326 e. The van der Waals surface area contributed by atoms with Gasteiger partial charge in [0.25, 0.3) is 0 Å². The van der Waals surface area contributed by atoms with Gasteiger partial charge in [-0.3, -0.25) is 10.1 Å². The zero-order valence-corrected chi connectivity index (χ0v) is 13.5. The predicted octanol–water partition coefficient (Wildman–Crippen LogP) is 3.81. The van der Waals surface area contributed by atoms with Crippen LogP contribution in [0.4, 0.5) is 0 Å². The van der Waals surface area contributed by atoms with Crippen molar-refractivity contribution in [1.29, 1.82) is 0 Å². The Labute approximate surface area is 129 Å². The molecule has 0 heterocycles. The van der Waals surface area contributed by atoms with Gasteiger partial charge in [0.05, 0.1) is 6.61 Å². The fourth-order valence-electron chi connectivity index (χ4n) is 4.57. The van der Waals surface area contributed by atoms with Crippen LogP contribution in [0.1, 0.15) is 77.6 Å². The van der Waals surface area contributed by atoms with Gasteiger partial charge in [0.2, 0.25) is 0 Å². The maximum absolute atomic E-state index is 12.7. The minimum Gasteiger partial charge on any atom is -0.465 e. The normalized spacial score (nSPS) is 34.6. The summed E-state index contributed by atoms with van der Waals surface area (Å²) in [5, 5.41) is 3.79. The number of carbonyl (C=O) groups excluding carboxylic acids is 1. The highest BCUT2D eigenvalue weighted by Gasteiger charge is 2.48. The summed E-state index contributed by atoms with van der Waals surface area (Å²) in [4.78, 5) is 12.7. The van der Waals surface area contributed by atoms with Crippen molar-refractivity contribution in [3.63, 3.8) is 0 Å². The first-order valence-corrected chi connectivity index (χ1v) is 9.18. The van der Waals surface area contributed by atoms with E-state index < -0.39 is 0 Å². The zero-order chi connectivity index (χ0) is 14.7. The molecule has 21 heavy (non-hydrogen) atoms. The molecule has 2 unspecified atom stereocenters. The third-order valence-corrected chi connectivity index (χ3v) is 5.83. The number of hydrogen-bond acceptors (Lipinski definition) is 3. The molecule has 0 saturated heterocycles. The molecule has 3 saturated carbocycles. The van der Waals surface area contributed by atoms with Gasteiger partial charge < -0.3 is 4.74 Å². The Morgan fingerprint density at radius 1 is 1.05 bits per heavy atom. The first-order chi connectivity index (χ1) is 10.2. The summed E-state index contributed by atoms with van der Waals surface area (Å²) in [6, 6.07) is 0.529. The number of hydrogen-bond donors (Lipinski definition) is 1. The van der Waals surface area contributed by atoms with E-state index in [2.05, 4.69) is 5.32 Å². The number of rotatable bonds is 5. The average molecular weight is 293 g/mol. The van der Waals surface area contributed by atoms with Crippen LogP contribution < -0.4 is 5.32 Å². The van der Waals surface area contributed by atoms with Crippen LogP contribution in [-0.2, 0) is 9.53 Å². The molecule has 0 aromatic carbocycles. The second-order valence-corrected chi connectivity index (χ2v) is 7.48. The van der Waals surface area contributed by atoms with E-state index in [-0.39, 0.29) is 11.5 Å². The lowest BCUT2D eigenvalue weighted by molar-refractivity contribution is -0.154. The van der Waals surface area contributed by atoms with Crippen LogP contribution in [0.25, 0.3) is 0 Å². The highest BCUT2D eigenvalue weighted by Crippen LogP contribution is 2.47. The van der Waals surface area contributed by atoms with Crippen molar-refractivity contribution >= 4 is 5.97 Å². The maximum atomic E-state index is 12.7. The van der Waals surface area contributed by atoms with Crippen LogP contribution >= 0.6 is 0 Å². The maximum Gasteiger partial charge on any atom is 0.326 e. The minimum absolute atomic E-state index is 0.0286. The van der Waals surface area contributed by atoms with Crippen molar-refractivity contribution < 1.29 is 9.53 Å². The van der Waals surface area contributed by atoms with E-state index in [0.717, 1.165) is 24.7 Å². The molecule has 3 nitrogen and oxygen atoms in total. The fourth-order valence-corrected chi connectivity index (χ4v) is 4.57. The highest BCUT2D eigenvalue weighted by molar-refractivity contribution is 5.81. The molecule has 3 fully saturated rings. The third-order valence-electron chi connectivity index (χ3n) is 5.83. The van der Waals surface area contributed by atoms with Crippen molar-refractivity contribution in [3.05, 3.63) is 0 Å². The van der Waals surface area contributed by atoms with E-state index in [4.69, 9.17) is 4.74 Å². The monoisotopic (exact) mass is 293 g/mol. The summed E-state index contributed by atoms with van der Waals surface area (Å²) < 4.78 is 5.47. The summed E-state index contributed by atoms with van der Waals surface area (Å²) in [6.45, 7) is 2.43. The lowest BCUT2D eigenvalue weighted by Gasteiger charge is -2.43. The van der Waals surface area contributed by atoms with E-state index in [1.54, 1.807) is 0 Å². The Morgan fingerprint density at radius 2 is 1.81 bits per heavy atom. The molecule has 0 bridgehead atoms. The van der Waals surface area contributed by atoms with E-state index >= 15 is 0 Å². The van der Waals surface area contributed by atoms with E-state index in [0.29, 0.717) is 12.6 Å². The van der Waals surface area contributed by atoms with E-state index in [1.807, 2.05) is 6.92 Å². The summed E-state index contributed by atoms with van der Waals surface area (Å²) in [5.41, 5.74) is -0.372. The van der Waals surface area contributed by atoms with Crippen molar-refractivity contribution in [2.24, 2.45) is 11.8 Å². The third kappa shape index (κ3) is 3.61. The van der Waals surface area contributed by atoms with Gasteiger partial charge in [0.1, 0.15) is 5.54 Å². The van der Waals surface area contributed by atoms with Crippen LogP contribution in [0, 0.1) is 11.8 Å². The summed E-state index contributed by atoms with van der Waals surface area (Å²) in [5.74, 6) is 1.67. The molecule has 3 heteroatoms. The van der Waals surface area contributed by atoms with Gasteiger partial charge in [0.15, 0.2) is 0 Å². The number of esters is 1. The molecule has 0 amide bonds. The molecular weight excluding hydrogens is 262 g/mol. The lowest BCUT2D eigenvalue weighted by atomic mass is 9.73. The van der Waals surface area contributed by atoms with Crippen LogP contribution in [-0.4, -0.2) is 24.2 Å². The molecule has 2 atom stereocenters. The first-order valence-electron chi connectivity index (χ1n) is 9.18. The standard InChI is InChI=1S/C18H31NO2/c1-2-21-17(20)18(19-16-8-4-3-5-9-16)12-6-7-15(13-18)14-10-11-14/h14-16,19H,2-13H2,1H3. The molecular formula is C18H31NO2. The van der Waals surface area contributed by atoms with Gasteiger partial charge >= 0.3 is 5.97 Å². The van der Waals surface area contributed by atoms with Crippen LogP contribution in [0.3, 0.4) is 0 Å². The van der Waals surface area contributed by atoms with Crippen LogP contribution in [0.2, 0.25) is 0 Å². The van der Waals surface area contributed by atoms with Gasteiger partial charge in [-0.05, 0) is 57.3 Å². The molecule has 0 aromatic heterocycles. The average Bonchev–Trinajstić information content (AvgIpc) is 3.33. The Morgan fingerprint density at radius 3 is 2.48 bits per heavy atom. The van der Waals surface area contributed by atoms with Gasteiger partial charge in [-0.15, -0.1) is 0 Å². The molecule has 3 aliphatic rings. The van der Waals surface area contributed by atoms with Crippen molar-refractivity contribution in [1.82, 2.24) is 5.32 Å². The van der Waals surface area contributed by atoms with Crippen molar-refractivity contribution in [2.45, 2.75) is 89.1 Å².